The SMILES string of the molecule is CC(C)(C)CC1CCC2C[N+]3(CCN(c4nsc5ccccc45)CC3)CC2C1. The van der Waals surface area contributed by atoms with E-state index in [9.17, 15) is 0 Å². The van der Waals surface area contributed by atoms with Crippen molar-refractivity contribution in [2.75, 3.05) is 44.2 Å². The fourth-order valence-electron chi connectivity index (χ4n) is 6.58. The van der Waals surface area contributed by atoms with Gasteiger partial charge in [-0.05, 0) is 60.7 Å². The second kappa shape index (κ2) is 6.98. The summed E-state index contributed by atoms with van der Waals surface area (Å²) >= 11 is 1.66. The third-order valence-corrected chi connectivity index (χ3v) is 8.56. The zero-order valence-corrected chi connectivity index (χ0v) is 18.7. The molecule has 3 atom stereocenters. The second-order valence-corrected chi connectivity index (χ2v) is 11.9. The molecule has 2 aliphatic heterocycles. The molecule has 3 unspecified atom stereocenters. The van der Waals surface area contributed by atoms with Gasteiger partial charge in [0.15, 0.2) is 5.82 Å². The lowest BCUT2D eigenvalue weighted by Crippen LogP contribution is -2.58. The number of rotatable bonds is 2. The molecule has 4 heteroatoms. The highest BCUT2D eigenvalue weighted by molar-refractivity contribution is 7.13. The van der Waals surface area contributed by atoms with Crippen molar-refractivity contribution in [3.8, 4) is 0 Å². The van der Waals surface area contributed by atoms with Crippen LogP contribution in [0.15, 0.2) is 24.3 Å². The van der Waals surface area contributed by atoms with Gasteiger partial charge in [-0.15, -0.1) is 0 Å². The number of benzene rings is 1. The predicted octanol–water partition coefficient (Wildman–Crippen LogP) is 5.42. The Balaban J connectivity index is 1.23. The first-order valence-electron chi connectivity index (χ1n) is 11.4. The molecule has 0 amide bonds. The highest BCUT2D eigenvalue weighted by atomic mass is 32.1. The minimum atomic E-state index is 0.490. The van der Waals surface area contributed by atoms with Crippen LogP contribution in [-0.4, -0.2) is 48.1 Å². The monoisotopic (exact) mass is 398 g/mol. The van der Waals surface area contributed by atoms with Gasteiger partial charge in [0.25, 0.3) is 0 Å². The van der Waals surface area contributed by atoms with Crippen LogP contribution >= 0.6 is 11.5 Å². The summed E-state index contributed by atoms with van der Waals surface area (Å²) in [4.78, 5) is 2.56. The molecule has 3 fully saturated rings. The van der Waals surface area contributed by atoms with E-state index in [4.69, 9.17) is 4.37 Å². The first kappa shape index (κ1) is 18.9. The van der Waals surface area contributed by atoms with E-state index in [1.54, 1.807) is 11.5 Å². The van der Waals surface area contributed by atoms with Crippen LogP contribution in [0.1, 0.15) is 46.5 Å². The van der Waals surface area contributed by atoms with Crippen LogP contribution in [0.2, 0.25) is 0 Å². The number of aromatic nitrogens is 1. The Bertz CT molecular complexity index is 828. The molecular weight excluding hydrogens is 362 g/mol. The van der Waals surface area contributed by atoms with Crippen LogP contribution in [0.4, 0.5) is 5.82 Å². The highest BCUT2D eigenvalue weighted by Gasteiger charge is 2.49. The molecule has 5 rings (SSSR count). The van der Waals surface area contributed by atoms with Gasteiger partial charge in [-0.3, -0.25) is 0 Å². The second-order valence-electron chi connectivity index (χ2n) is 11.1. The summed E-state index contributed by atoms with van der Waals surface area (Å²) in [6.45, 7) is 15.2. The summed E-state index contributed by atoms with van der Waals surface area (Å²) in [5.74, 6) is 4.21. The van der Waals surface area contributed by atoms with Gasteiger partial charge in [0, 0.05) is 17.2 Å². The number of anilines is 1. The van der Waals surface area contributed by atoms with Crippen molar-refractivity contribution in [2.45, 2.75) is 46.5 Å². The number of nitrogens with zero attached hydrogens (tertiary/aromatic N) is 3. The summed E-state index contributed by atoms with van der Waals surface area (Å²) in [5.41, 5.74) is 0.490. The Hall–Kier alpha value is -1.13. The third-order valence-electron chi connectivity index (χ3n) is 7.74. The summed E-state index contributed by atoms with van der Waals surface area (Å²) in [7, 11) is 0. The van der Waals surface area contributed by atoms with Crippen LogP contribution in [0, 0.1) is 23.2 Å². The van der Waals surface area contributed by atoms with Crippen molar-refractivity contribution >= 4 is 27.4 Å². The maximum atomic E-state index is 4.81. The van der Waals surface area contributed by atoms with Crippen molar-refractivity contribution in [2.24, 2.45) is 23.2 Å². The lowest BCUT2D eigenvalue weighted by Gasteiger charge is -2.42. The van der Waals surface area contributed by atoms with Gasteiger partial charge in [0.2, 0.25) is 0 Å². The Morgan fingerprint density at radius 1 is 1.07 bits per heavy atom. The molecule has 0 radical (unpaired) electrons. The minimum absolute atomic E-state index is 0.490. The number of fused-ring (bicyclic) bond motifs is 2. The van der Waals surface area contributed by atoms with Crippen molar-refractivity contribution in [1.29, 1.82) is 0 Å². The van der Waals surface area contributed by atoms with E-state index in [0.717, 1.165) is 17.8 Å². The maximum Gasteiger partial charge on any atom is 0.150 e. The average molecular weight is 399 g/mol. The topological polar surface area (TPSA) is 16.1 Å². The molecule has 2 saturated heterocycles. The van der Waals surface area contributed by atoms with Crippen LogP contribution in [0.3, 0.4) is 0 Å². The zero-order chi connectivity index (χ0) is 19.4. The lowest BCUT2D eigenvalue weighted by molar-refractivity contribution is -0.919. The van der Waals surface area contributed by atoms with E-state index >= 15 is 0 Å². The normalized spacial score (nSPS) is 30.1. The molecule has 1 saturated carbocycles. The van der Waals surface area contributed by atoms with Gasteiger partial charge in [0.05, 0.1) is 44.0 Å². The van der Waals surface area contributed by atoms with Gasteiger partial charge >= 0.3 is 0 Å². The highest BCUT2D eigenvalue weighted by Crippen LogP contribution is 2.45. The molecule has 1 spiro atoms. The van der Waals surface area contributed by atoms with Crippen molar-refractivity contribution in [1.82, 2.24) is 4.37 Å². The molecule has 1 aromatic heterocycles. The van der Waals surface area contributed by atoms with E-state index in [2.05, 4.69) is 49.9 Å². The third kappa shape index (κ3) is 3.59. The molecule has 28 heavy (non-hydrogen) atoms. The molecule has 2 aromatic rings. The predicted molar refractivity (Wildman–Crippen MR) is 120 cm³/mol. The van der Waals surface area contributed by atoms with Crippen LogP contribution in [0.25, 0.3) is 10.1 Å². The summed E-state index contributed by atoms with van der Waals surface area (Å²) in [6.07, 6.45) is 5.89. The molecule has 1 aromatic carbocycles. The quantitative estimate of drug-likeness (QED) is 0.628. The smallest absolute Gasteiger partial charge is 0.150 e. The average Bonchev–Trinajstić information content (AvgIpc) is 3.22. The Labute approximate surface area is 174 Å². The van der Waals surface area contributed by atoms with Crippen molar-refractivity contribution in [3.05, 3.63) is 24.3 Å². The standard InChI is InChI=1S/C24H36N3S/c1-24(2,3)15-18-8-9-19-16-27(17-20(19)14-18)12-10-26(11-13-27)23-21-6-4-5-7-22(21)28-25-23/h4-7,18-20H,8-17H2,1-3H3/q+1. The number of piperazine rings is 1. The van der Waals surface area contributed by atoms with Gasteiger partial charge < -0.3 is 9.38 Å². The molecule has 0 bridgehead atoms. The van der Waals surface area contributed by atoms with E-state index in [0.29, 0.717) is 5.41 Å². The Morgan fingerprint density at radius 2 is 1.82 bits per heavy atom. The summed E-state index contributed by atoms with van der Waals surface area (Å²) < 4.78 is 7.53. The molecule has 3 aliphatic rings. The van der Waals surface area contributed by atoms with Gasteiger partial charge in [-0.1, -0.05) is 32.9 Å². The van der Waals surface area contributed by atoms with Gasteiger partial charge in [0.1, 0.15) is 0 Å². The van der Waals surface area contributed by atoms with E-state index < -0.39 is 0 Å². The van der Waals surface area contributed by atoms with Crippen molar-refractivity contribution in [3.63, 3.8) is 0 Å². The molecule has 3 nitrogen and oxygen atoms in total. The van der Waals surface area contributed by atoms with E-state index in [1.165, 1.54) is 85.3 Å². The Kier molecular flexibility index (Phi) is 4.71. The summed E-state index contributed by atoms with van der Waals surface area (Å²) in [5, 5.41) is 1.35. The number of hydrogen-bond acceptors (Lipinski definition) is 3. The van der Waals surface area contributed by atoms with Gasteiger partial charge in [-0.2, -0.15) is 4.37 Å². The van der Waals surface area contributed by atoms with E-state index in [-0.39, 0.29) is 0 Å². The van der Waals surface area contributed by atoms with Crippen molar-refractivity contribution < 1.29 is 4.48 Å². The zero-order valence-electron chi connectivity index (χ0n) is 17.9. The number of quaternary nitrogens is 1. The largest absolute Gasteiger partial charge is 0.344 e. The van der Waals surface area contributed by atoms with E-state index in [1.807, 2.05) is 0 Å². The molecule has 0 N–H and O–H groups in total. The fourth-order valence-corrected chi connectivity index (χ4v) is 7.37. The minimum Gasteiger partial charge on any atom is -0.344 e. The fraction of sp³-hybridized carbons (Fsp3) is 0.708. The summed E-state index contributed by atoms with van der Waals surface area (Å²) in [6, 6.07) is 8.72. The first-order valence-corrected chi connectivity index (χ1v) is 12.1. The first-order chi connectivity index (χ1) is 13.4. The molecule has 1 aliphatic carbocycles. The molecule has 3 heterocycles. The Morgan fingerprint density at radius 3 is 2.61 bits per heavy atom. The van der Waals surface area contributed by atoms with Gasteiger partial charge in [-0.25, -0.2) is 0 Å². The molecule has 152 valence electrons. The number of hydrogen-bond donors (Lipinski definition) is 0. The lowest BCUT2D eigenvalue weighted by atomic mass is 9.71. The van der Waals surface area contributed by atoms with Crippen LogP contribution < -0.4 is 4.90 Å². The maximum absolute atomic E-state index is 4.81. The molecular formula is C24H36N3S+. The van der Waals surface area contributed by atoms with Crippen LogP contribution in [0.5, 0.6) is 0 Å². The van der Waals surface area contributed by atoms with Crippen LogP contribution in [-0.2, 0) is 0 Å².